The molecule has 1 unspecified atom stereocenters. The van der Waals surface area contributed by atoms with Crippen LogP contribution >= 0.6 is 0 Å². The molecule has 1 aliphatic heterocycles. The van der Waals surface area contributed by atoms with Crippen LogP contribution < -0.4 is 5.32 Å². The molecule has 0 aromatic carbocycles. The van der Waals surface area contributed by atoms with E-state index in [1.165, 1.54) is 58.4 Å². The van der Waals surface area contributed by atoms with E-state index in [1.54, 1.807) is 0 Å². The van der Waals surface area contributed by atoms with Gasteiger partial charge >= 0.3 is 0 Å². The van der Waals surface area contributed by atoms with Gasteiger partial charge in [-0.2, -0.15) is 0 Å². The molecule has 1 fully saturated rings. The Bertz CT molecular complexity index is 130. The van der Waals surface area contributed by atoms with Crippen LogP contribution in [0.5, 0.6) is 0 Å². The van der Waals surface area contributed by atoms with E-state index in [4.69, 9.17) is 0 Å². The first-order chi connectivity index (χ1) is 6.86. The summed E-state index contributed by atoms with van der Waals surface area (Å²) >= 11 is 0. The number of rotatable bonds is 7. The summed E-state index contributed by atoms with van der Waals surface area (Å²) in [6.07, 6.45) is 5.36. The summed E-state index contributed by atoms with van der Waals surface area (Å²) in [6, 6.07) is 0. The Kier molecular flexibility index (Phi) is 6.20. The van der Waals surface area contributed by atoms with Gasteiger partial charge < -0.3 is 10.2 Å². The van der Waals surface area contributed by atoms with E-state index in [9.17, 15) is 0 Å². The van der Waals surface area contributed by atoms with Gasteiger partial charge in [-0.1, -0.05) is 20.3 Å². The molecule has 1 N–H and O–H groups in total. The molecule has 0 aromatic rings. The van der Waals surface area contributed by atoms with Crippen LogP contribution in [-0.4, -0.2) is 37.6 Å². The van der Waals surface area contributed by atoms with Crippen molar-refractivity contribution in [3.05, 3.63) is 0 Å². The summed E-state index contributed by atoms with van der Waals surface area (Å²) in [7, 11) is 0. The monoisotopic (exact) mass is 198 g/mol. The molecule has 14 heavy (non-hydrogen) atoms. The smallest absolute Gasteiger partial charge is 0.00223 e. The molecule has 84 valence electrons. The lowest BCUT2D eigenvalue weighted by molar-refractivity contribution is 0.234. The molecular weight excluding hydrogens is 172 g/mol. The zero-order valence-corrected chi connectivity index (χ0v) is 9.89. The normalized spacial score (nSPS) is 22.1. The van der Waals surface area contributed by atoms with Gasteiger partial charge in [0.05, 0.1) is 0 Å². The van der Waals surface area contributed by atoms with Gasteiger partial charge in [0.2, 0.25) is 0 Å². The Morgan fingerprint density at radius 2 is 2.07 bits per heavy atom. The molecule has 0 amide bonds. The number of nitrogens with one attached hydrogen (secondary N) is 1. The largest absolute Gasteiger partial charge is 0.316 e. The highest BCUT2D eigenvalue weighted by molar-refractivity contribution is 4.74. The Morgan fingerprint density at radius 3 is 2.64 bits per heavy atom. The van der Waals surface area contributed by atoms with Gasteiger partial charge in [0.1, 0.15) is 0 Å². The minimum atomic E-state index is 0.915. The predicted octanol–water partition coefficient (Wildman–Crippen LogP) is 2.11. The number of unbranched alkanes of at least 4 members (excludes halogenated alkanes) is 1. The lowest BCUT2D eigenvalue weighted by atomic mass is 10.1. The van der Waals surface area contributed by atoms with Crippen molar-refractivity contribution in [1.82, 2.24) is 10.2 Å². The predicted molar refractivity (Wildman–Crippen MR) is 62.6 cm³/mol. The Morgan fingerprint density at radius 1 is 1.21 bits per heavy atom. The fraction of sp³-hybridized carbons (Fsp3) is 1.00. The van der Waals surface area contributed by atoms with E-state index in [-0.39, 0.29) is 0 Å². The molecule has 1 heterocycles. The van der Waals surface area contributed by atoms with Crippen molar-refractivity contribution in [2.24, 2.45) is 5.92 Å². The summed E-state index contributed by atoms with van der Waals surface area (Å²) in [5.74, 6) is 0.915. The van der Waals surface area contributed by atoms with Crippen molar-refractivity contribution < 1.29 is 0 Å². The molecular formula is C12H26N2. The summed E-state index contributed by atoms with van der Waals surface area (Å²) in [5.41, 5.74) is 0. The summed E-state index contributed by atoms with van der Waals surface area (Å²) in [6.45, 7) is 11.0. The van der Waals surface area contributed by atoms with E-state index in [2.05, 4.69) is 24.1 Å². The molecule has 0 bridgehead atoms. The Hall–Kier alpha value is -0.0800. The number of hydrogen-bond donors (Lipinski definition) is 1. The third-order valence-electron chi connectivity index (χ3n) is 3.05. The first-order valence-electron chi connectivity index (χ1n) is 6.29. The Labute approximate surface area is 89.1 Å². The average Bonchev–Trinajstić information content (AvgIpc) is 2.67. The molecule has 1 saturated heterocycles. The van der Waals surface area contributed by atoms with Crippen LogP contribution in [0.3, 0.4) is 0 Å². The molecule has 1 rings (SSSR count). The third-order valence-corrected chi connectivity index (χ3v) is 3.05. The Balaban J connectivity index is 2.18. The highest BCUT2D eigenvalue weighted by Gasteiger charge is 2.17. The molecule has 2 heteroatoms. The fourth-order valence-corrected chi connectivity index (χ4v) is 2.23. The highest BCUT2D eigenvalue weighted by atomic mass is 15.1. The minimum absolute atomic E-state index is 0.915. The van der Waals surface area contributed by atoms with Gasteiger partial charge in [-0.05, 0) is 51.4 Å². The molecule has 0 aromatic heterocycles. The SMILES string of the molecule is CCCCN(CCC)CC1CCNC1. The van der Waals surface area contributed by atoms with Crippen LogP contribution in [0.2, 0.25) is 0 Å². The standard InChI is InChI=1S/C12H26N2/c1-3-5-9-14(8-4-2)11-12-6-7-13-10-12/h12-13H,3-11H2,1-2H3. The maximum Gasteiger partial charge on any atom is 0.00223 e. The van der Waals surface area contributed by atoms with Crippen LogP contribution in [0.1, 0.15) is 39.5 Å². The zero-order chi connectivity index (χ0) is 10.2. The van der Waals surface area contributed by atoms with Crippen molar-refractivity contribution in [3.8, 4) is 0 Å². The highest BCUT2D eigenvalue weighted by Crippen LogP contribution is 2.10. The average molecular weight is 198 g/mol. The summed E-state index contributed by atoms with van der Waals surface area (Å²) in [4.78, 5) is 2.65. The van der Waals surface area contributed by atoms with E-state index in [1.807, 2.05) is 0 Å². The van der Waals surface area contributed by atoms with Crippen LogP contribution in [0, 0.1) is 5.92 Å². The van der Waals surface area contributed by atoms with Crippen LogP contribution in [0.25, 0.3) is 0 Å². The molecule has 0 aliphatic carbocycles. The van der Waals surface area contributed by atoms with Crippen LogP contribution in [0.15, 0.2) is 0 Å². The van der Waals surface area contributed by atoms with E-state index < -0.39 is 0 Å². The van der Waals surface area contributed by atoms with Gasteiger partial charge in [0.15, 0.2) is 0 Å². The molecule has 0 spiro atoms. The summed E-state index contributed by atoms with van der Waals surface area (Å²) < 4.78 is 0. The lowest BCUT2D eigenvalue weighted by Gasteiger charge is -2.24. The maximum atomic E-state index is 3.45. The second-order valence-electron chi connectivity index (χ2n) is 4.51. The van der Waals surface area contributed by atoms with E-state index in [0.29, 0.717) is 0 Å². The van der Waals surface area contributed by atoms with Gasteiger partial charge in [0.25, 0.3) is 0 Å². The topological polar surface area (TPSA) is 15.3 Å². The maximum absolute atomic E-state index is 3.45. The van der Waals surface area contributed by atoms with Gasteiger partial charge in [-0.25, -0.2) is 0 Å². The van der Waals surface area contributed by atoms with Crippen LogP contribution in [-0.2, 0) is 0 Å². The number of nitrogens with zero attached hydrogens (tertiary/aromatic N) is 1. The molecule has 1 aliphatic rings. The molecule has 0 radical (unpaired) electrons. The zero-order valence-electron chi connectivity index (χ0n) is 9.89. The van der Waals surface area contributed by atoms with Crippen molar-refractivity contribution in [3.63, 3.8) is 0 Å². The molecule has 0 saturated carbocycles. The fourth-order valence-electron chi connectivity index (χ4n) is 2.23. The van der Waals surface area contributed by atoms with E-state index >= 15 is 0 Å². The van der Waals surface area contributed by atoms with E-state index in [0.717, 1.165) is 5.92 Å². The van der Waals surface area contributed by atoms with Crippen molar-refractivity contribution >= 4 is 0 Å². The second-order valence-corrected chi connectivity index (χ2v) is 4.51. The summed E-state index contributed by atoms with van der Waals surface area (Å²) in [5, 5.41) is 3.45. The second kappa shape index (κ2) is 7.24. The number of hydrogen-bond acceptors (Lipinski definition) is 2. The lowest BCUT2D eigenvalue weighted by Crippen LogP contribution is -2.32. The molecule has 1 atom stereocenters. The third kappa shape index (κ3) is 4.43. The first-order valence-corrected chi connectivity index (χ1v) is 6.29. The van der Waals surface area contributed by atoms with Gasteiger partial charge in [0, 0.05) is 6.54 Å². The van der Waals surface area contributed by atoms with Crippen molar-refractivity contribution in [2.45, 2.75) is 39.5 Å². The first kappa shape index (κ1) is 12.0. The minimum Gasteiger partial charge on any atom is -0.316 e. The van der Waals surface area contributed by atoms with Crippen LogP contribution in [0.4, 0.5) is 0 Å². The molecule has 2 nitrogen and oxygen atoms in total. The van der Waals surface area contributed by atoms with Gasteiger partial charge in [-0.15, -0.1) is 0 Å². The van der Waals surface area contributed by atoms with Gasteiger partial charge in [-0.3, -0.25) is 0 Å². The van der Waals surface area contributed by atoms with Crippen molar-refractivity contribution in [1.29, 1.82) is 0 Å². The van der Waals surface area contributed by atoms with Crippen molar-refractivity contribution in [2.75, 3.05) is 32.7 Å². The quantitative estimate of drug-likeness (QED) is 0.674.